The van der Waals surface area contributed by atoms with E-state index in [1.807, 2.05) is 5.40 Å². The molecule has 3 atom stereocenters. The number of carboxylic acids is 2. The van der Waals surface area contributed by atoms with Gasteiger partial charge in [0.05, 0.1) is 0 Å². The number of hydrogen-bond donors (Lipinski definition) is 4. The molecule has 2 heterocycles. The van der Waals surface area contributed by atoms with E-state index in [9.17, 15) is 24.3 Å². The van der Waals surface area contributed by atoms with E-state index in [1.165, 1.54) is 18.9 Å². The number of fused-ring (bicyclic) bond motifs is 1. The summed E-state index contributed by atoms with van der Waals surface area (Å²) in [5.74, 6) is -3.30. The SMILES string of the molecule is CO[C@@]1(NC(=O)CCCC(N)C(=O)O)C(=O)N2C(C(=O)O)=C(CSC#N)CS[C@H]21. The minimum atomic E-state index is -1.70. The first-order valence-corrected chi connectivity index (χ1v) is 10.5. The molecule has 0 radical (unpaired) electrons. The van der Waals surface area contributed by atoms with Crippen LogP contribution in [0.15, 0.2) is 11.3 Å². The van der Waals surface area contributed by atoms with E-state index < -0.39 is 40.9 Å². The molecule has 2 amide bonds. The van der Waals surface area contributed by atoms with Gasteiger partial charge in [-0.2, -0.15) is 5.26 Å². The molecule has 0 aromatic heterocycles. The summed E-state index contributed by atoms with van der Waals surface area (Å²) in [6, 6.07) is -1.08. The summed E-state index contributed by atoms with van der Waals surface area (Å²) in [6.45, 7) is 0. The van der Waals surface area contributed by atoms with Crippen molar-refractivity contribution >= 4 is 47.3 Å². The Balaban J connectivity index is 2.10. The summed E-state index contributed by atoms with van der Waals surface area (Å²) in [6.07, 6.45) is 0.222. The number of ether oxygens (including phenoxy) is 1. The minimum Gasteiger partial charge on any atom is -0.480 e. The Hall–Kier alpha value is -2.27. The fourth-order valence-corrected chi connectivity index (χ4v) is 5.09. The first-order valence-electron chi connectivity index (χ1n) is 8.45. The van der Waals surface area contributed by atoms with Crippen LogP contribution in [0.1, 0.15) is 19.3 Å². The lowest BCUT2D eigenvalue weighted by atomic mass is 9.98. The van der Waals surface area contributed by atoms with Crippen LogP contribution in [0.3, 0.4) is 0 Å². The van der Waals surface area contributed by atoms with Gasteiger partial charge in [-0.3, -0.25) is 19.3 Å². The van der Waals surface area contributed by atoms with Crippen molar-refractivity contribution in [3.8, 4) is 5.40 Å². The molecule has 1 saturated heterocycles. The molecule has 158 valence electrons. The second kappa shape index (κ2) is 9.49. The first kappa shape index (κ1) is 23.0. The molecule has 0 aromatic rings. The van der Waals surface area contributed by atoms with Crippen LogP contribution < -0.4 is 11.1 Å². The van der Waals surface area contributed by atoms with Crippen LogP contribution >= 0.6 is 23.5 Å². The molecule has 13 heteroatoms. The summed E-state index contributed by atoms with van der Waals surface area (Å²) < 4.78 is 5.30. The van der Waals surface area contributed by atoms with Crippen molar-refractivity contribution in [3.63, 3.8) is 0 Å². The van der Waals surface area contributed by atoms with Gasteiger partial charge in [0.15, 0.2) is 0 Å². The maximum atomic E-state index is 12.8. The summed E-state index contributed by atoms with van der Waals surface area (Å²) in [5, 5.41) is 30.6. The Labute approximate surface area is 174 Å². The maximum Gasteiger partial charge on any atom is 0.352 e. The van der Waals surface area contributed by atoms with E-state index in [2.05, 4.69) is 5.32 Å². The lowest BCUT2D eigenvalue weighted by Crippen LogP contribution is -2.80. The maximum absolute atomic E-state index is 12.8. The number of carbonyl (C=O) groups excluding carboxylic acids is 2. The number of nitrogens with two attached hydrogens (primary N) is 1. The molecule has 29 heavy (non-hydrogen) atoms. The zero-order valence-corrected chi connectivity index (χ0v) is 17.0. The predicted molar refractivity (Wildman–Crippen MR) is 103 cm³/mol. The summed E-state index contributed by atoms with van der Waals surface area (Å²) in [4.78, 5) is 48.6. The van der Waals surface area contributed by atoms with Gasteiger partial charge >= 0.3 is 11.9 Å². The van der Waals surface area contributed by atoms with Gasteiger partial charge in [-0.25, -0.2) is 4.79 Å². The molecule has 0 spiro atoms. The third-order valence-electron chi connectivity index (χ3n) is 4.51. The van der Waals surface area contributed by atoms with Crippen molar-refractivity contribution < 1.29 is 34.1 Å². The number of methoxy groups -OCH3 is 1. The molecule has 1 unspecified atom stereocenters. The van der Waals surface area contributed by atoms with E-state index in [0.717, 1.165) is 16.7 Å². The van der Waals surface area contributed by atoms with Crippen molar-refractivity contribution in [2.24, 2.45) is 5.73 Å². The van der Waals surface area contributed by atoms with Gasteiger partial charge in [-0.1, -0.05) is 0 Å². The van der Waals surface area contributed by atoms with Gasteiger partial charge in [0.25, 0.3) is 11.6 Å². The number of rotatable bonds is 10. The largest absolute Gasteiger partial charge is 0.480 e. The average Bonchev–Trinajstić information content (AvgIpc) is 2.68. The van der Waals surface area contributed by atoms with Gasteiger partial charge < -0.3 is 26.0 Å². The van der Waals surface area contributed by atoms with Crippen molar-refractivity contribution in [1.29, 1.82) is 5.26 Å². The van der Waals surface area contributed by atoms with Crippen LogP contribution in [0, 0.1) is 10.7 Å². The van der Waals surface area contributed by atoms with Crippen LogP contribution in [0.25, 0.3) is 0 Å². The van der Waals surface area contributed by atoms with E-state index in [-0.39, 0.29) is 36.5 Å². The Kier molecular flexibility index (Phi) is 7.53. The predicted octanol–water partition coefficient (Wildman–Crippen LogP) is -0.504. The van der Waals surface area contributed by atoms with Crippen molar-refractivity contribution in [2.75, 3.05) is 18.6 Å². The molecule has 2 aliphatic heterocycles. The molecular formula is C16H20N4O7S2. The van der Waals surface area contributed by atoms with Crippen LogP contribution in [-0.2, 0) is 23.9 Å². The molecule has 2 aliphatic rings. The first-order chi connectivity index (χ1) is 13.7. The number of nitrogens with one attached hydrogen (secondary N) is 1. The van der Waals surface area contributed by atoms with Crippen molar-refractivity contribution in [3.05, 3.63) is 11.3 Å². The normalized spacial score (nSPS) is 24.2. The van der Waals surface area contributed by atoms with Gasteiger partial charge in [0.2, 0.25) is 5.91 Å². The van der Waals surface area contributed by atoms with Gasteiger partial charge in [0.1, 0.15) is 22.5 Å². The molecule has 0 saturated carbocycles. The average molecular weight is 444 g/mol. The topological polar surface area (TPSA) is 183 Å². The number of carbonyl (C=O) groups is 4. The second-order valence-electron chi connectivity index (χ2n) is 6.30. The van der Waals surface area contributed by atoms with E-state index in [0.29, 0.717) is 5.57 Å². The number of thioether (sulfide) groups is 2. The fraction of sp³-hybridized carbons (Fsp3) is 0.562. The van der Waals surface area contributed by atoms with Crippen LogP contribution in [0.2, 0.25) is 0 Å². The molecule has 0 aromatic carbocycles. The summed E-state index contributed by atoms with van der Waals surface area (Å²) in [7, 11) is 1.24. The highest BCUT2D eigenvalue weighted by atomic mass is 32.2. The van der Waals surface area contributed by atoms with E-state index >= 15 is 0 Å². The van der Waals surface area contributed by atoms with Gasteiger partial charge in [-0.15, -0.1) is 11.8 Å². The molecule has 5 N–H and O–H groups in total. The molecule has 0 aliphatic carbocycles. The number of nitrogens with zero attached hydrogens (tertiary/aromatic N) is 2. The number of hydrogen-bond acceptors (Lipinski definition) is 9. The van der Waals surface area contributed by atoms with Gasteiger partial charge in [-0.05, 0) is 30.2 Å². The van der Waals surface area contributed by atoms with E-state index in [1.54, 1.807) is 0 Å². The lowest BCUT2D eigenvalue weighted by Gasteiger charge is -2.55. The zero-order valence-electron chi connectivity index (χ0n) is 15.4. The Morgan fingerprint density at radius 3 is 2.76 bits per heavy atom. The lowest BCUT2D eigenvalue weighted by molar-refractivity contribution is -0.192. The zero-order chi connectivity index (χ0) is 21.8. The quantitative estimate of drug-likeness (QED) is 0.193. The number of aliphatic carboxylic acids is 2. The number of β-lactam (4-membered cyclic amide) rings is 1. The van der Waals surface area contributed by atoms with Crippen LogP contribution in [0.5, 0.6) is 0 Å². The van der Waals surface area contributed by atoms with Gasteiger partial charge in [0, 0.05) is 25.0 Å². The number of amides is 2. The molecule has 11 nitrogen and oxygen atoms in total. The molecule has 0 bridgehead atoms. The Morgan fingerprint density at radius 2 is 2.21 bits per heavy atom. The highest BCUT2D eigenvalue weighted by Crippen LogP contribution is 2.47. The Morgan fingerprint density at radius 1 is 1.52 bits per heavy atom. The van der Waals surface area contributed by atoms with Crippen molar-refractivity contribution in [2.45, 2.75) is 36.4 Å². The number of nitriles is 1. The summed E-state index contributed by atoms with van der Waals surface area (Å²) >= 11 is 2.10. The third kappa shape index (κ3) is 4.50. The highest BCUT2D eigenvalue weighted by molar-refractivity contribution is 8.04. The monoisotopic (exact) mass is 444 g/mol. The number of thiocyanates is 1. The highest BCUT2D eigenvalue weighted by Gasteiger charge is 2.66. The minimum absolute atomic E-state index is 0.0670. The van der Waals surface area contributed by atoms with Crippen LogP contribution in [0.4, 0.5) is 0 Å². The number of carboxylic acid groups (broad SMARTS) is 2. The third-order valence-corrected chi connectivity index (χ3v) is 6.50. The smallest absolute Gasteiger partial charge is 0.352 e. The van der Waals surface area contributed by atoms with E-state index in [4.69, 9.17) is 20.8 Å². The molecule has 1 fully saturated rings. The standard InChI is InChI=1S/C16H20N4O7S2/c1-27-16(19-10(21)4-2-3-9(18)12(22)23)14(26)20-11(13(24)25)8(5-28-7-17)6-29-15(16)20/h9,15H,2-6,18H2,1H3,(H,19,21)(H,22,23)(H,24,25)/t9?,15-,16-/m0/s1. The second-order valence-corrected chi connectivity index (χ2v) is 8.13. The Bertz CT molecular complexity index is 797. The molecule has 2 rings (SSSR count). The molecular weight excluding hydrogens is 424 g/mol. The van der Waals surface area contributed by atoms with Crippen molar-refractivity contribution in [1.82, 2.24) is 10.2 Å². The fourth-order valence-electron chi connectivity index (χ4n) is 3.05. The van der Waals surface area contributed by atoms with Crippen LogP contribution in [-0.4, -0.2) is 74.6 Å². The summed E-state index contributed by atoms with van der Waals surface area (Å²) in [5.41, 5.74) is 3.93.